The average molecular weight is 658 g/mol. The van der Waals surface area contributed by atoms with Crippen molar-refractivity contribution in [3.05, 3.63) is 188 Å². The quantitative estimate of drug-likeness (QED) is 0.176. The molecule has 2 aliphatic rings. The molecule has 8 aromatic rings. The van der Waals surface area contributed by atoms with E-state index in [1.165, 1.54) is 42.6 Å². The fourth-order valence-electron chi connectivity index (χ4n) is 8.03. The van der Waals surface area contributed by atoms with E-state index < -0.39 is 8.07 Å². The molecule has 0 fully saturated rings. The lowest BCUT2D eigenvalue weighted by Crippen LogP contribution is -2.77. The van der Waals surface area contributed by atoms with Crippen LogP contribution in [-0.2, 0) is 0 Å². The van der Waals surface area contributed by atoms with Gasteiger partial charge in [0.05, 0.1) is 0 Å². The predicted molar refractivity (Wildman–Crippen MR) is 208 cm³/mol. The number of hydrogen-bond acceptors (Lipinski definition) is 3. The third kappa shape index (κ3) is 4.29. The zero-order chi connectivity index (χ0) is 33.1. The lowest BCUT2D eigenvalue weighted by molar-refractivity contribution is 0.481. The topological polar surface area (TPSA) is 21.7 Å². The van der Waals surface area contributed by atoms with Gasteiger partial charge < -0.3 is 14.4 Å². The Hall–Kier alpha value is -6.36. The van der Waals surface area contributed by atoms with E-state index in [9.17, 15) is 0 Å². The number of benzene rings is 8. The van der Waals surface area contributed by atoms with E-state index in [1.54, 1.807) is 0 Å². The smallest absolute Gasteiger partial charge is 0.196 e. The second kappa shape index (κ2) is 11.4. The summed E-state index contributed by atoms with van der Waals surface area (Å²) in [7, 11) is -2.89. The monoisotopic (exact) mass is 657 g/mol. The molecule has 4 heteroatoms. The second-order valence-electron chi connectivity index (χ2n) is 12.9. The second-order valence-corrected chi connectivity index (χ2v) is 16.5. The van der Waals surface area contributed by atoms with Crippen LogP contribution in [0.3, 0.4) is 0 Å². The van der Waals surface area contributed by atoms with Crippen LogP contribution in [0, 0.1) is 0 Å². The molecule has 0 unspecified atom stereocenters. The van der Waals surface area contributed by atoms with Gasteiger partial charge in [0.25, 0.3) is 0 Å². The number of fused-ring (bicyclic) bond motifs is 9. The highest BCUT2D eigenvalue weighted by Crippen LogP contribution is 2.41. The van der Waals surface area contributed by atoms with E-state index in [-0.39, 0.29) is 0 Å². The summed E-state index contributed by atoms with van der Waals surface area (Å²) in [6.45, 7) is 0. The third-order valence-electron chi connectivity index (χ3n) is 10.2. The Balaban J connectivity index is 1.19. The van der Waals surface area contributed by atoms with Crippen LogP contribution in [-0.4, -0.2) is 8.07 Å². The molecule has 0 atom stereocenters. The SMILES string of the molecule is c1ccc(N(c2ccc(-c3cccc4ccccc34)cc2)c2ccc3c(c2)[Si]2(c4ccccc4Oc4ccccc42)c2ccccc2O3)cc1. The van der Waals surface area contributed by atoms with Gasteiger partial charge in [-0.3, -0.25) is 0 Å². The van der Waals surface area contributed by atoms with Crippen LogP contribution in [0.25, 0.3) is 21.9 Å². The Morgan fingerprint density at radius 2 is 0.860 bits per heavy atom. The molecule has 0 radical (unpaired) electrons. The van der Waals surface area contributed by atoms with Crippen LogP contribution in [0.15, 0.2) is 188 Å². The summed E-state index contributed by atoms with van der Waals surface area (Å²) in [6, 6.07) is 67.1. The lowest BCUT2D eigenvalue weighted by Gasteiger charge is -2.43. The molecule has 2 aliphatic heterocycles. The summed E-state index contributed by atoms with van der Waals surface area (Å²) in [5.41, 5.74) is 5.67. The minimum atomic E-state index is -2.89. The van der Waals surface area contributed by atoms with Crippen molar-refractivity contribution in [2.24, 2.45) is 0 Å². The molecule has 2 heterocycles. The van der Waals surface area contributed by atoms with Crippen molar-refractivity contribution >= 4 is 56.7 Å². The molecule has 50 heavy (non-hydrogen) atoms. The molecular formula is C46H31NO2Si. The fraction of sp³-hybridized carbons (Fsp3) is 0. The maximum absolute atomic E-state index is 6.76. The van der Waals surface area contributed by atoms with Crippen molar-refractivity contribution in [3.8, 4) is 34.1 Å². The molecule has 0 amide bonds. The van der Waals surface area contributed by atoms with Crippen LogP contribution in [0.5, 0.6) is 23.0 Å². The zero-order valence-electron chi connectivity index (χ0n) is 27.2. The van der Waals surface area contributed by atoms with E-state index in [0.29, 0.717) is 0 Å². The Labute approximate surface area is 292 Å². The van der Waals surface area contributed by atoms with Crippen LogP contribution in [0.2, 0.25) is 0 Å². The predicted octanol–water partition coefficient (Wildman–Crippen LogP) is 9.57. The first-order valence-electron chi connectivity index (χ1n) is 17.0. The van der Waals surface area contributed by atoms with Gasteiger partial charge in [0.15, 0.2) is 8.07 Å². The normalized spacial score (nSPS) is 13.3. The summed E-state index contributed by atoms with van der Waals surface area (Å²) in [5, 5.41) is 7.41. The molecule has 0 saturated heterocycles. The summed E-state index contributed by atoms with van der Waals surface area (Å²) >= 11 is 0. The summed E-state index contributed by atoms with van der Waals surface area (Å²) in [6.07, 6.45) is 0. The van der Waals surface area contributed by atoms with Gasteiger partial charge in [-0.05, 0) is 103 Å². The van der Waals surface area contributed by atoms with Crippen LogP contribution < -0.4 is 35.1 Å². The van der Waals surface area contributed by atoms with Crippen molar-refractivity contribution in [2.45, 2.75) is 0 Å². The fourth-order valence-corrected chi connectivity index (χ4v) is 13.2. The van der Waals surface area contributed by atoms with Crippen LogP contribution in [0.4, 0.5) is 17.1 Å². The van der Waals surface area contributed by atoms with Gasteiger partial charge >= 0.3 is 0 Å². The van der Waals surface area contributed by atoms with Crippen molar-refractivity contribution in [2.75, 3.05) is 4.90 Å². The van der Waals surface area contributed by atoms with Crippen molar-refractivity contribution < 1.29 is 9.47 Å². The maximum Gasteiger partial charge on any atom is 0.196 e. The number of ether oxygens (including phenoxy) is 2. The molecule has 0 aliphatic carbocycles. The summed E-state index contributed by atoms with van der Waals surface area (Å²) in [5.74, 6) is 3.63. The Kier molecular flexibility index (Phi) is 6.51. The van der Waals surface area contributed by atoms with Gasteiger partial charge in [0, 0.05) is 17.1 Å². The molecule has 1 spiro atoms. The molecule has 3 nitrogen and oxygen atoms in total. The zero-order valence-corrected chi connectivity index (χ0v) is 28.2. The maximum atomic E-state index is 6.76. The van der Waals surface area contributed by atoms with Crippen LogP contribution >= 0.6 is 0 Å². The van der Waals surface area contributed by atoms with Crippen molar-refractivity contribution in [1.29, 1.82) is 0 Å². The standard InChI is InChI=1S/C46H31NO2Si/c1-2-15-34(16-3-1)47(35-27-25-33(26-28-35)38-18-12-14-32-13-4-5-17-37(32)38)36-29-30-42-46(31-36)50(45-24-11-8-21-41(45)49-42)43-22-9-6-19-39(43)48-40-20-7-10-23-44(40)50/h1-31H. The minimum absolute atomic E-state index is 0.893. The van der Waals surface area contributed by atoms with Gasteiger partial charge in [-0.2, -0.15) is 0 Å². The number of nitrogens with zero attached hydrogens (tertiary/aromatic N) is 1. The highest BCUT2D eigenvalue weighted by molar-refractivity contribution is 7.21. The largest absolute Gasteiger partial charge is 0.458 e. The Morgan fingerprint density at radius 3 is 1.52 bits per heavy atom. The highest BCUT2D eigenvalue weighted by Gasteiger charge is 2.53. The van der Waals surface area contributed by atoms with E-state index in [0.717, 1.165) is 40.1 Å². The minimum Gasteiger partial charge on any atom is -0.458 e. The van der Waals surface area contributed by atoms with Crippen LogP contribution in [0.1, 0.15) is 0 Å². The number of rotatable bonds is 4. The van der Waals surface area contributed by atoms with Gasteiger partial charge in [-0.15, -0.1) is 0 Å². The van der Waals surface area contributed by atoms with Gasteiger partial charge in [-0.25, -0.2) is 0 Å². The lowest BCUT2D eigenvalue weighted by atomic mass is 9.98. The van der Waals surface area contributed by atoms with E-state index in [4.69, 9.17) is 9.47 Å². The summed E-state index contributed by atoms with van der Waals surface area (Å²) in [4.78, 5) is 2.35. The first-order valence-corrected chi connectivity index (χ1v) is 19.0. The van der Waals surface area contributed by atoms with Gasteiger partial charge in [0.1, 0.15) is 23.0 Å². The average Bonchev–Trinajstić information content (AvgIpc) is 3.18. The Morgan fingerprint density at radius 1 is 0.360 bits per heavy atom. The molecule has 10 rings (SSSR count). The summed E-state index contributed by atoms with van der Waals surface area (Å²) < 4.78 is 13.4. The third-order valence-corrected chi connectivity index (χ3v) is 15.0. The van der Waals surface area contributed by atoms with E-state index in [1.807, 2.05) is 0 Å². The Bertz CT molecular complexity index is 2450. The molecule has 0 saturated carbocycles. The number of hydrogen-bond donors (Lipinski definition) is 0. The van der Waals surface area contributed by atoms with Gasteiger partial charge in [0.2, 0.25) is 0 Å². The molecule has 0 N–H and O–H groups in total. The number of anilines is 3. The van der Waals surface area contributed by atoms with Crippen molar-refractivity contribution in [1.82, 2.24) is 0 Å². The molecule has 0 aromatic heterocycles. The van der Waals surface area contributed by atoms with E-state index >= 15 is 0 Å². The van der Waals surface area contributed by atoms with E-state index in [2.05, 4.69) is 193 Å². The molecule has 236 valence electrons. The molecule has 0 bridgehead atoms. The van der Waals surface area contributed by atoms with Crippen molar-refractivity contribution in [3.63, 3.8) is 0 Å². The van der Waals surface area contributed by atoms with Gasteiger partial charge in [-0.1, -0.05) is 127 Å². The number of para-hydroxylation sites is 4. The molecular weight excluding hydrogens is 627 g/mol. The first kappa shape index (κ1) is 28.6. The first-order chi connectivity index (χ1) is 24.8. The molecule has 8 aromatic carbocycles. The highest BCUT2D eigenvalue weighted by atomic mass is 28.3.